The fourth-order valence-electron chi connectivity index (χ4n) is 1.69. The minimum absolute atomic E-state index is 0.124. The van der Waals surface area contributed by atoms with Gasteiger partial charge in [0.15, 0.2) is 0 Å². The molecule has 0 bridgehead atoms. The highest BCUT2D eigenvalue weighted by Gasteiger charge is 2.12. The summed E-state index contributed by atoms with van der Waals surface area (Å²) >= 11 is 0. The van der Waals surface area contributed by atoms with E-state index in [1.54, 1.807) is 0 Å². The smallest absolute Gasteiger partial charge is 0.0681 e. The first-order chi connectivity index (χ1) is 7.54. The Balaban J connectivity index is 2.59. The van der Waals surface area contributed by atoms with Crippen LogP contribution in [0.25, 0.3) is 0 Å². The second kappa shape index (κ2) is 6.02. The normalized spacial score (nSPS) is 13.4. The molecule has 0 spiro atoms. The second-order valence-corrected chi connectivity index (χ2v) is 4.87. The molecule has 1 N–H and O–H groups in total. The third-order valence-corrected chi connectivity index (χ3v) is 3.30. The Hall–Kier alpha value is -0.860. The number of aliphatic hydroxyl groups excluding tert-OH is 1. The molecule has 0 saturated heterocycles. The zero-order valence-electron chi connectivity index (χ0n) is 10.8. The molecule has 2 heteroatoms. The van der Waals surface area contributed by atoms with E-state index in [2.05, 4.69) is 44.9 Å². The third-order valence-electron chi connectivity index (χ3n) is 3.30. The molecule has 1 rings (SSSR count). The fraction of sp³-hybridized carbons (Fsp3) is 0.571. The Morgan fingerprint density at radius 2 is 1.56 bits per heavy atom. The topological polar surface area (TPSA) is 23.5 Å². The highest BCUT2D eigenvalue weighted by Crippen LogP contribution is 2.13. The van der Waals surface area contributed by atoms with Crippen LogP contribution in [0, 0.1) is 5.92 Å². The molecule has 1 aromatic carbocycles. The van der Waals surface area contributed by atoms with Gasteiger partial charge in [0.25, 0.3) is 0 Å². The SMILES string of the molecule is CC(C)C(C)N(C)Cc1ccc(CO)cc1. The summed E-state index contributed by atoms with van der Waals surface area (Å²) in [4.78, 5) is 2.36. The lowest BCUT2D eigenvalue weighted by Crippen LogP contribution is -2.32. The van der Waals surface area contributed by atoms with Gasteiger partial charge in [-0.1, -0.05) is 38.1 Å². The van der Waals surface area contributed by atoms with Crippen LogP contribution in [0.2, 0.25) is 0 Å². The largest absolute Gasteiger partial charge is 0.392 e. The summed E-state index contributed by atoms with van der Waals surface area (Å²) in [5.74, 6) is 0.668. The van der Waals surface area contributed by atoms with Crippen molar-refractivity contribution in [1.82, 2.24) is 4.90 Å². The molecule has 90 valence electrons. The molecule has 1 unspecified atom stereocenters. The molecule has 0 fully saturated rings. The van der Waals surface area contributed by atoms with Crippen LogP contribution in [0.15, 0.2) is 24.3 Å². The van der Waals surface area contributed by atoms with Crippen molar-refractivity contribution < 1.29 is 5.11 Å². The van der Waals surface area contributed by atoms with E-state index < -0.39 is 0 Å². The Kier molecular flexibility index (Phi) is 4.97. The molecule has 0 amide bonds. The first-order valence-electron chi connectivity index (χ1n) is 5.93. The summed E-state index contributed by atoms with van der Waals surface area (Å²) in [5.41, 5.74) is 2.27. The van der Waals surface area contributed by atoms with E-state index in [9.17, 15) is 0 Å². The lowest BCUT2D eigenvalue weighted by atomic mass is 10.0. The van der Waals surface area contributed by atoms with Gasteiger partial charge in [-0.25, -0.2) is 0 Å². The van der Waals surface area contributed by atoms with E-state index >= 15 is 0 Å². The standard InChI is InChI=1S/C14H23NO/c1-11(2)12(3)15(4)9-13-5-7-14(10-16)8-6-13/h5-8,11-12,16H,9-10H2,1-4H3. The maximum atomic E-state index is 8.96. The van der Waals surface area contributed by atoms with E-state index in [4.69, 9.17) is 5.11 Å². The molecule has 1 aromatic rings. The third kappa shape index (κ3) is 3.62. The van der Waals surface area contributed by atoms with Gasteiger partial charge in [0.05, 0.1) is 6.61 Å². The molecule has 2 nitrogen and oxygen atoms in total. The Bertz CT molecular complexity index is 305. The Labute approximate surface area is 98.9 Å². The summed E-state index contributed by atoms with van der Waals surface area (Å²) < 4.78 is 0. The van der Waals surface area contributed by atoms with Crippen LogP contribution in [0.3, 0.4) is 0 Å². The zero-order valence-corrected chi connectivity index (χ0v) is 10.8. The van der Waals surface area contributed by atoms with Crippen molar-refractivity contribution in [3.05, 3.63) is 35.4 Å². The number of rotatable bonds is 5. The highest BCUT2D eigenvalue weighted by molar-refractivity contribution is 5.21. The number of benzene rings is 1. The van der Waals surface area contributed by atoms with Crippen LogP contribution in [0.1, 0.15) is 31.9 Å². The van der Waals surface area contributed by atoms with Gasteiger partial charge in [-0.15, -0.1) is 0 Å². The molecule has 0 heterocycles. The van der Waals surface area contributed by atoms with Gasteiger partial charge in [0.1, 0.15) is 0 Å². The van der Waals surface area contributed by atoms with Gasteiger partial charge in [-0.3, -0.25) is 4.90 Å². The fourth-order valence-corrected chi connectivity index (χ4v) is 1.69. The quantitative estimate of drug-likeness (QED) is 0.826. The first-order valence-corrected chi connectivity index (χ1v) is 5.93. The zero-order chi connectivity index (χ0) is 12.1. The minimum atomic E-state index is 0.124. The predicted octanol–water partition coefficient (Wildman–Crippen LogP) is 2.66. The van der Waals surface area contributed by atoms with Gasteiger partial charge in [0.2, 0.25) is 0 Å². The van der Waals surface area contributed by atoms with Crippen molar-refractivity contribution in [2.75, 3.05) is 7.05 Å². The van der Waals surface area contributed by atoms with Crippen LogP contribution >= 0.6 is 0 Å². The molecule has 0 aliphatic carbocycles. The van der Waals surface area contributed by atoms with Crippen LogP contribution in [0.4, 0.5) is 0 Å². The van der Waals surface area contributed by atoms with Crippen molar-refractivity contribution in [1.29, 1.82) is 0 Å². The number of aliphatic hydroxyl groups is 1. The molecular formula is C14H23NO. The van der Waals surface area contributed by atoms with E-state index in [0.29, 0.717) is 12.0 Å². The van der Waals surface area contributed by atoms with Crippen molar-refractivity contribution in [2.45, 2.75) is 40.0 Å². The van der Waals surface area contributed by atoms with Crippen molar-refractivity contribution in [2.24, 2.45) is 5.92 Å². The maximum Gasteiger partial charge on any atom is 0.0681 e. The lowest BCUT2D eigenvalue weighted by molar-refractivity contribution is 0.200. The summed E-state index contributed by atoms with van der Waals surface area (Å²) in [5, 5.41) is 8.96. The van der Waals surface area contributed by atoms with Crippen LogP contribution < -0.4 is 0 Å². The minimum Gasteiger partial charge on any atom is -0.392 e. The Morgan fingerprint density at radius 3 is 2.00 bits per heavy atom. The lowest BCUT2D eigenvalue weighted by Gasteiger charge is -2.27. The summed E-state index contributed by atoms with van der Waals surface area (Å²) in [6.45, 7) is 7.84. The molecular weight excluding hydrogens is 198 g/mol. The predicted molar refractivity (Wildman–Crippen MR) is 68.1 cm³/mol. The van der Waals surface area contributed by atoms with E-state index in [1.165, 1.54) is 5.56 Å². The number of nitrogens with zero attached hydrogens (tertiary/aromatic N) is 1. The molecule has 0 aliphatic heterocycles. The second-order valence-electron chi connectivity index (χ2n) is 4.87. The van der Waals surface area contributed by atoms with Gasteiger partial charge < -0.3 is 5.11 Å². The average Bonchev–Trinajstić information content (AvgIpc) is 2.28. The molecule has 0 saturated carbocycles. The summed E-state index contributed by atoms with van der Waals surface area (Å²) in [6, 6.07) is 8.74. The Morgan fingerprint density at radius 1 is 1.06 bits per heavy atom. The molecule has 1 atom stereocenters. The summed E-state index contributed by atoms with van der Waals surface area (Å²) in [6.07, 6.45) is 0. The van der Waals surface area contributed by atoms with E-state index in [1.807, 2.05) is 12.1 Å². The number of hydrogen-bond donors (Lipinski definition) is 1. The maximum absolute atomic E-state index is 8.96. The van der Waals surface area contributed by atoms with Crippen LogP contribution in [-0.2, 0) is 13.2 Å². The molecule has 0 radical (unpaired) electrons. The number of hydrogen-bond acceptors (Lipinski definition) is 2. The molecule has 0 aromatic heterocycles. The van der Waals surface area contributed by atoms with Gasteiger partial charge >= 0.3 is 0 Å². The van der Waals surface area contributed by atoms with Crippen LogP contribution in [0.5, 0.6) is 0 Å². The highest BCUT2D eigenvalue weighted by atomic mass is 16.3. The first kappa shape index (κ1) is 13.2. The van der Waals surface area contributed by atoms with Gasteiger partial charge in [0, 0.05) is 12.6 Å². The van der Waals surface area contributed by atoms with Gasteiger partial charge in [-0.2, -0.15) is 0 Å². The van der Waals surface area contributed by atoms with Crippen molar-refractivity contribution in [3.63, 3.8) is 0 Å². The molecule has 0 aliphatic rings. The van der Waals surface area contributed by atoms with Crippen LogP contribution in [-0.4, -0.2) is 23.1 Å². The molecule has 16 heavy (non-hydrogen) atoms. The summed E-state index contributed by atoms with van der Waals surface area (Å²) in [7, 11) is 2.16. The van der Waals surface area contributed by atoms with Crippen molar-refractivity contribution in [3.8, 4) is 0 Å². The van der Waals surface area contributed by atoms with E-state index in [0.717, 1.165) is 12.1 Å². The average molecular weight is 221 g/mol. The van der Waals surface area contributed by atoms with E-state index in [-0.39, 0.29) is 6.61 Å². The van der Waals surface area contributed by atoms with Gasteiger partial charge in [-0.05, 0) is 31.0 Å². The van der Waals surface area contributed by atoms with Crippen molar-refractivity contribution >= 4 is 0 Å². The monoisotopic (exact) mass is 221 g/mol.